The summed E-state index contributed by atoms with van der Waals surface area (Å²) < 4.78 is 7.21. The van der Waals surface area contributed by atoms with E-state index in [1.165, 1.54) is 0 Å². The maximum absolute atomic E-state index is 11.9. The molecule has 1 aromatic heterocycles. The van der Waals surface area contributed by atoms with E-state index in [0.29, 0.717) is 35.1 Å². The predicted molar refractivity (Wildman–Crippen MR) is 78.3 cm³/mol. The Morgan fingerprint density at radius 1 is 1.24 bits per heavy atom. The zero-order valence-electron chi connectivity index (χ0n) is 10.9. The van der Waals surface area contributed by atoms with Crippen molar-refractivity contribution in [3.05, 3.63) is 47.0 Å². The number of aromatic nitrogens is 3. The van der Waals surface area contributed by atoms with Gasteiger partial charge in [0.1, 0.15) is 11.3 Å². The molecule has 4 rings (SSSR count). The third-order valence-corrected chi connectivity index (χ3v) is 3.82. The highest BCUT2D eigenvalue weighted by atomic mass is 35.5. The minimum Gasteiger partial charge on any atom is -0.492 e. The molecule has 0 saturated heterocycles. The lowest BCUT2D eigenvalue weighted by Crippen LogP contribution is -2.16. The van der Waals surface area contributed by atoms with Crippen LogP contribution in [0.5, 0.6) is 5.75 Å². The number of rotatable bonds is 1. The maximum atomic E-state index is 11.9. The molecule has 0 bridgehead atoms. The quantitative estimate of drug-likeness (QED) is 0.693. The molecule has 0 aliphatic carbocycles. The van der Waals surface area contributed by atoms with E-state index >= 15 is 0 Å². The molecule has 21 heavy (non-hydrogen) atoms. The van der Waals surface area contributed by atoms with E-state index in [1.54, 1.807) is 16.8 Å². The zero-order valence-corrected chi connectivity index (χ0v) is 11.7. The van der Waals surface area contributed by atoms with Gasteiger partial charge in [-0.1, -0.05) is 28.9 Å². The minimum atomic E-state index is 0.0492. The molecule has 0 fully saturated rings. The molecule has 1 aliphatic heterocycles. The number of Topliss-reactive ketones (excluding diaryl/α,β-unsaturated/α-hetero) is 1. The topological polar surface area (TPSA) is 57.0 Å². The second-order valence-corrected chi connectivity index (χ2v) is 5.22. The summed E-state index contributed by atoms with van der Waals surface area (Å²) in [5.74, 6) is 0.596. The predicted octanol–water partition coefficient (Wildman–Crippen LogP) is 3.04. The van der Waals surface area contributed by atoms with Crippen molar-refractivity contribution in [2.24, 2.45) is 0 Å². The van der Waals surface area contributed by atoms with Gasteiger partial charge in [0.05, 0.1) is 28.4 Å². The van der Waals surface area contributed by atoms with Gasteiger partial charge in [-0.25, -0.2) is 4.68 Å². The van der Waals surface area contributed by atoms with Crippen molar-refractivity contribution >= 4 is 28.4 Å². The van der Waals surface area contributed by atoms with Gasteiger partial charge in [-0.2, -0.15) is 0 Å². The Morgan fingerprint density at radius 2 is 2.10 bits per heavy atom. The number of nitrogens with zero attached hydrogens (tertiary/aromatic N) is 3. The Balaban J connectivity index is 1.95. The van der Waals surface area contributed by atoms with Crippen LogP contribution < -0.4 is 4.74 Å². The molecule has 104 valence electrons. The Kier molecular flexibility index (Phi) is 2.68. The SMILES string of the molecule is O=C1CCOc2cc(-n3nnc4ccccc43)c(Cl)cc21. The van der Waals surface area contributed by atoms with E-state index < -0.39 is 0 Å². The summed E-state index contributed by atoms with van der Waals surface area (Å²) in [7, 11) is 0. The normalized spacial score (nSPS) is 14.0. The van der Waals surface area contributed by atoms with Gasteiger partial charge in [0.2, 0.25) is 0 Å². The van der Waals surface area contributed by atoms with E-state index in [-0.39, 0.29) is 5.78 Å². The number of hydrogen-bond acceptors (Lipinski definition) is 4. The summed E-state index contributed by atoms with van der Waals surface area (Å²) in [6.45, 7) is 0.394. The number of benzene rings is 2. The molecule has 3 aromatic rings. The summed E-state index contributed by atoms with van der Waals surface area (Å²) in [4.78, 5) is 11.9. The number of hydrogen-bond donors (Lipinski definition) is 0. The van der Waals surface area contributed by atoms with Crippen LogP contribution in [0.2, 0.25) is 5.02 Å². The lowest BCUT2D eigenvalue weighted by molar-refractivity contribution is 0.0933. The first kappa shape index (κ1) is 12.3. The second-order valence-electron chi connectivity index (χ2n) is 4.81. The van der Waals surface area contributed by atoms with E-state index in [2.05, 4.69) is 10.3 Å². The van der Waals surface area contributed by atoms with Crippen LogP contribution in [0.3, 0.4) is 0 Å². The van der Waals surface area contributed by atoms with Crippen molar-refractivity contribution in [3.8, 4) is 11.4 Å². The number of carbonyl (C=O) groups excluding carboxylic acids is 1. The van der Waals surface area contributed by atoms with Crippen LogP contribution in [-0.4, -0.2) is 27.4 Å². The summed E-state index contributed by atoms with van der Waals surface area (Å²) in [6, 6.07) is 11.0. The molecule has 5 nitrogen and oxygen atoms in total. The maximum Gasteiger partial charge on any atom is 0.170 e. The Bertz CT molecular complexity index is 872. The molecule has 1 aliphatic rings. The van der Waals surface area contributed by atoms with Gasteiger partial charge in [0, 0.05) is 12.5 Å². The van der Waals surface area contributed by atoms with Gasteiger partial charge in [-0.3, -0.25) is 4.79 Å². The smallest absolute Gasteiger partial charge is 0.170 e. The highest BCUT2D eigenvalue weighted by Crippen LogP contribution is 2.33. The van der Waals surface area contributed by atoms with Gasteiger partial charge >= 0.3 is 0 Å². The Labute approximate surface area is 125 Å². The van der Waals surface area contributed by atoms with E-state index in [1.807, 2.05) is 24.3 Å². The number of ketones is 1. The fourth-order valence-corrected chi connectivity index (χ4v) is 2.72. The third-order valence-electron chi connectivity index (χ3n) is 3.52. The van der Waals surface area contributed by atoms with Gasteiger partial charge in [0.25, 0.3) is 0 Å². The second kappa shape index (κ2) is 4.56. The van der Waals surface area contributed by atoms with Gasteiger partial charge in [-0.15, -0.1) is 5.10 Å². The third kappa shape index (κ3) is 1.89. The fraction of sp³-hybridized carbons (Fsp3) is 0.133. The average molecular weight is 300 g/mol. The lowest BCUT2D eigenvalue weighted by Gasteiger charge is -2.18. The van der Waals surface area contributed by atoms with Crippen molar-refractivity contribution in [1.82, 2.24) is 15.0 Å². The van der Waals surface area contributed by atoms with Crippen molar-refractivity contribution in [1.29, 1.82) is 0 Å². The summed E-state index contributed by atoms with van der Waals surface area (Å²) in [6.07, 6.45) is 0.384. The molecule has 0 radical (unpaired) electrons. The fourth-order valence-electron chi connectivity index (χ4n) is 2.48. The molecule has 0 N–H and O–H groups in total. The first-order chi connectivity index (χ1) is 10.2. The van der Waals surface area contributed by atoms with E-state index in [9.17, 15) is 4.79 Å². The van der Waals surface area contributed by atoms with Crippen LogP contribution in [0.25, 0.3) is 16.7 Å². The molecule has 0 spiro atoms. The molecule has 0 unspecified atom stereocenters. The van der Waals surface area contributed by atoms with Crippen molar-refractivity contribution < 1.29 is 9.53 Å². The van der Waals surface area contributed by atoms with Crippen LogP contribution in [0.4, 0.5) is 0 Å². The minimum absolute atomic E-state index is 0.0492. The Hall–Kier alpha value is -2.40. The molecule has 2 heterocycles. The molecule has 0 saturated carbocycles. The van der Waals surface area contributed by atoms with Crippen molar-refractivity contribution in [2.45, 2.75) is 6.42 Å². The van der Waals surface area contributed by atoms with Crippen molar-refractivity contribution in [2.75, 3.05) is 6.61 Å². The van der Waals surface area contributed by atoms with Crippen LogP contribution in [-0.2, 0) is 0 Å². The highest BCUT2D eigenvalue weighted by molar-refractivity contribution is 6.33. The van der Waals surface area contributed by atoms with Crippen LogP contribution in [0.15, 0.2) is 36.4 Å². The van der Waals surface area contributed by atoms with E-state index in [0.717, 1.165) is 11.0 Å². The molecule has 6 heteroatoms. The summed E-state index contributed by atoms with van der Waals surface area (Å²) in [5.41, 5.74) is 2.81. The summed E-state index contributed by atoms with van der Waals surface area (Å²) in [5, 5.41) is 8.69. The van der Waals surface area contributed by atoms with Gasteiger partial charge < -0.3 is 4.74 Å². The number of para-hydroxylation sites is 1. The highest BCUT2D eigenvalue weighted by Gasteiger charge is 2.22. The summed E-state index contributed by atoms with van der Waals surface area (Å²) >= 11 is 6.32. The number of fused-ring (bicyclic) bond motifs is 2. The lowest BCUT2D eigenvalue weighted by atomic mass is 10.0. The zero-order chi connectivity index (χ0) is 14.4. The number of ether oxygens (including phenoxy) is 1. The molecule has 0 atom stereocenters. The first-order valence-electron chi connectivity index (χ1n) is 6.54. The van der Waals surface area contributed by atoms with Gasteiger partial charge in [0.15, 0.2) is 5.78 Å². The first-order valence-corrected chi connectivity index (χ1v) is 6.92. The monoisotopic (exact) mass is 299 g/mol. The standard InChI is InChI=1S/C15H10ClN3O2/c16-10-7-9-14(20)5-6-21-15(9)8-13(10)19-12-4-2-1-3-11(12)17-18-19/h1-4,7-8H,5-6H2. The van der Waals surface area contributed by atoms with Crippen LogP contribution in [0, 0.1) is 0 Å². The van der Waals surface area contributed by atoms with E-state index in [4.69, 9.17) is 16.3 Å². The van der Waals surface area contributed by atoms with Gasteiger partial charge in [-0.05, 0) is 18.2 Å². The Morgan fingerprint density at radius 3 is 3.00 bits per heavy atom. The van der Waals surface area contributed by atoms with Crippen molar-refractivity contribution in [3.63, 3.8) is 0 Å². The average Bonchev–Trinajstić information content (AvgIpc) is 2.92. The number of carbonyl (C=O) groups is 1. The number of halogens is 1. The molecule has 0 amide bonds. The molecule has 2 aromatic carbocycles. The van der Waals surface area contributed by atoms with Crippen LogP contribution >= 0.6 is 11.6 Å². The molecular weight excluding hydrogens is 290 g/mol. The molecular formula is C15H10ClN3O2. The largest absolute Gasteiger partial charge is 0.492 e. The van der Waals surface area contributed by atoms with Crippen LogP contribution in [0.1, 0.15) is 16.8 Å².